The van der Waals surface area contributed by atoms with Crippen LogP contribution in [0, 0.1) is 5.82 Å². The summed E-state index contributed by atoms with van der Waals surface area (Å²) in [6.07, 6.45) is 0. The first-order chi connectivity index (χ1) is 10.7. The molecule has 0 spiro atoms. The van der Waals surface area contributed by atoms with Gasteiger partial charge < -0.3 is 10.1 Å². The molecule has 0 bridgehead atoms. The number of hydrogen-bond donors (Lipinski definition) is 1. The molecule has 114 valence electrons. The molecule has 1 aliphatic rings. The predicted molar refractivity (Wildman–Crippen MR) is 85.5 cm³/mol. The Balaban J connectivity index is 1.96. The smallest absolute Gasteiger partial charge is 0.321 e. The molecule has 0 aliphatic carbocycles. The number of carbonyl (C=O) groups excluding carboxylic acids is 1. The third-order valence-corrected chi connectivity index (χ3v) is 4.83. The van der Waals surface area contributed by atoms with Crippen molar-refractivity contribution in [3.8, 4) is 0 Å². The first kappa shape index (κ1) is 14.9. The highest BCUT2D eigenvalue weighted by atomic mass is 32.2. The summed E-state index contributed by atoms with van der Waals surface area (Å²) >= 11 is 1.48. The van der Waals surface area contributed by atoms with E-state index in [1.807, 2.05) is 24.3 Å². The van der Waals surface area contributed by atoms with E-state index in [-0.39, 0.29) is 17.8 Å². The molecule has 22 heavy (non-hydrogen) atoms. The Bertz CT molecular complexity index is 675. The number of hydrogen-bond acceptors (Lipinski definition) is 4. The molecule has 0 saturated heterocycles. The van der Waals surface area contributed by atoms with E-state index in [1.165, 1.54) is 23.9 Å². The molecule has 0 radical (unpaired) electrons. The molecule has 2 aromatic carbocycles. The summed E-state index contributed by atoms with van der Waals surface area (Å²) in [4.78, 5) is 13.3. The lowest BCUT2D eigenvalue weighted by Gasteiger charge is -2.33. The molecule has 1 aliphatic heterocycles. The van der Waals surface area contributed by atoms with Gasteiger partial charge in [-0.05, 0) is 36.8 Å². The number of rotatable bonds is 3. The summed E-state index contributed by atoms with van der Waals surface area (Å²) in [5, 5.41) is 2.98. The molecule has 3 nitrogen and oxygen atoms in total. The van der Waals surface area contributed by atoms with Gasteiger partial charge in [0.15, 0.2) is 0 Å². The number of fused-ring (bicyclic) bond motifs is 1. The molecule has 0 unspecified atom stereocenters. The van der Waals surface area contributed by atoms with E-state index >= 15 is 0 Å². The van der Waals surface area contributed by atoms with Crippen LogP contribution in [0.3, 0.4) is 0 Å². The van der Waals surface area contributed by atoms with Gasteiger partial charge in [-0.3, -0.25) is 4.79 Å². The fourth-order valence-corrected chi connectivity index (χ4v) is 3.68. The second-order valence-corrected chi connectivity index (χ2v) is 6.14. The lowest BCUT2D eigenvalue weighted by Crippen LogP contribution is -2.34. The van der Waals surface area contributed by atoms with E-state index in [4.69, 9.17) is 4.74 Å². The van der Waals surface area contributed by atoms with Crippen molar-refractivity contribution in [2.24, 2.45) is 0 Å². The lowest BCUT2D eigenvalue weighted by molar-refractivity contribution is -0.142. The van der Waals surface area contributed by atoms with Gasteiger partial charge in [0.05, 0.1) is 12.6 Å². The largest absolute Gasteiger partial charge is 0.465 e. The molecule has 3 rings (SSSR count). The molecule has 2 aromatic rings. The number of halogens is 1. The maximum absolute atomic E-state index is 13.2. The normalized spacial score (nSPS) is 19.9. The van der Waals surface area contributed by atoms with Crippen molar-refractivity contribution < 1.29 is 13.9 Å². The highest BCUT2D eigenvalue weighted by Crippen LogP contribution is 2.43. The number of esters is 1. The second kappa shape index (κ2) is 6.40. The van der Waals surface area contributed by atoms with Crippen LogP contribution < -0.4 is 5.32 Å². The van der Waals surface area contributed by atoms with Crippen molar-refractivity contribution in [1.82, 2.24) is 0 Å². The number of ether oxygens (including phenoxy) is 1. The predicted octanol–water partition coefficient (Wildman–Crippen LogP) is 4.02. The number of nitrogens with one attached hydrogen (secondary N) is 1. The second-order valence-electron chi connectivity index (χ2n) is 4.96. The van der Waals surface area contributed by atoms with Gasteiger partial charge in [0.2, 0.25) is 0 Å². The van der Waals surface area contributed by atoms with Gasteiger partial charge >= 0.3 is 5.97 Å². The van der Waals surface area contributed by atoms with Gasteiger partial charge in [0.1, 0.15) is 11.1 Å². The Morgan fingerprint density at radius 3 is 2.68 bits per heavy atom. The number of para-hydroxylation sites is 1. The van der Waals surface area contributed by atoms with Crippen molar-refractivity contribution in [2.75, 3.05) is 11.9 Å². The van der Waals surface area contributed by atoms with Crippen molar-refractivity contribution in [1.29, 1.82) is 0 Å². The van der Waals surface area contributed by atoms with E-state index in [9.17, 15) is 9.18 Å². The van der Waals surface area contributed by atoms with Gasteiger partial charge in [0.25, 0.3) is 0 Å². The van der Waals surface area contributed by atoms with Crippen LogP contribution in [0.5, 0.6) is 0 Å². The van der Waals surface area contributed by atoms with Crippen molar-refractivity contribution in [2.45, 2.75) is 23.1 Å². The summed E-state index contributed by atoms with van der Waals surface area (Å²) in [5.74, 6) is -0.552. The summed E-state index contributed by atoms with van der Waals surface area (Å²) < 4.78 is 18.4. The average Bonchev–Trinajstić information content (AvgIpc) is 2.54. The summed E-state index contributed by atoms with van der Waals surface area (Å²) in [6, 6.07) is 13.8. The number of anilines is 1. The highest BCUT2D eigenvalue weighted by Gasteiger charge is 2.36. The van der Waals surface area contributed by atoms with E-state index in [0.717, 1.165) is 16.1 Å². The Morgan fingerprint density at radius 1 is 1.23 bits per heavy atom. The number of carbonyl (C=O) groups is 1. The Labute approximate surface area is 132 Å². The first-order valence-electron chi connectivity index (χ1n) is 7.13. The van der Waals surface area contributed by atoms with Crippen LogP contribution >= 0.6 is 11.8 Å². The molecule has 1 N–H and O–H groups in total. The molecule has 1 heterocycles. The average molecular weight is 317 g/mol. The van der Waals surface area contributed by atoms with Crippen LogP contribution in [-0.4, -0.2) is 17.8 Å². The topological polar surface area (TPSA) is 38.3 Å². The molecule has 2 atom stereocenters. The molecule has 0 amide bonds. The van der Waals surface area contributed by atoms with Gasteiger partial charge in [-0.2, -0.15) is 0 Å². The van der Waals surface area contributed by atoms with E-state index in [1.54, 1.807) is 19.1 Å². The van der Waals surface area contributed by atoms with Gasteiger partial charge in [-0.25, -0.2) is 4.39 Å². The Kier molecular flexibility index (Phi) is 4.34. The monoisotopic (exact) mass is 317 g/mol. The zero-order valence-corrected chi connectivity index (χ0v) is 12.9. The fourth-order valence-electron chi connectivity index (χ4n) is 2.47. The van der Waals surface area contributed by atoms with Crippen LogP contribution in [0.2, 0.25) is 0 Å². The van der Waals surface area contributed by atoms with Crippen LogP contribution in [0.25, 0.3) is 0 Å². The highest BCUT2D eigenvalue weighted by molar-refractivity contribution is 8.00. The van der Waals surface area contributed by atoms with Crippen molar-refractivity contribution >= 4 is 23.4 Å². The fraction of sp³-hybridized carbons (Fsp3) is 0.235. The summed E-state index contributed by atoms with van der Waals surface area (Å²) in [7, 11) is 0. The number of thioether (sulfide) groups is 1. The number of benzene rings is 2. The maximum atomic E-state index is 13.2. The Morgan fingerprint density at radius 2 is 1.95 bits per heavy atom. The minimum absolute atomic E-state index is 0.250. The zero-order chi connectivity index (χ0) is 15.5. The van der Waals surface area contributed by atoms with Crippen molar-refractivity contribution in [3.05, 3.63) is 59.9 Å². The third-order valence-electron chi connectivity index (χ3n) is 3.50. The van der Waals surface area contributed by atoms with E-state index in [0.29, 0.717) is 6.61 Å². The van der Waals surface area contributed by atoms with E-state index in [2.05, 4.69) is 5.32 Å². The molecule has 0 fully saturated rings. The quantitative estimate of drug-likeness (QED) is 0.868. The van der Waals surface area contributed by atoms with Gasteiger partial charge in [-0.1, -0.05) is 24.3 Å². The standard InChI is InChI=1S/C17H16FNO2S/c1-2-21-17(20)16-15(11-7-9-12(18)10-8-11)19-13-5-3-4-6-14(13)22-16/h3-10,15-16,19H,2H2,1H3/t15-,16+/m0/s1. The SMILES string of the molecule is CCOC(=O)[C@@H]1Sc2ccccc2N[C@H]1c1ccc(F)cc1. The minimum atomic E-state index is -0.402. The molecular formula is C17H16FNO2S. The first-order valence-corrected chi connectivity index (χ1v) is 8.01. The van der Waals surface area contributed by atoms with Crippen LogP contribution in [0.4, 0.5) is 10.1 Å². The zero-order valence-electron chi connectivity index (χ0n) is 12.1. The maximum Gasteiger partial charge on any atom is 0.321 e. The van der Waals surface area contributed by atoms with Crippen LogP contribution in [0.1, 0.15) is 18.5 Å². The van der Waals surface area contributed by atoms with Crippen molar-refractivity contribution in [3.63, 3.8) is 0 Å². The summed E-state index contributed by atoms with van der Waals surface area (Å²) in [6.45, 7) is 2.13. The molecule has 5 heteroatoms. The van der Waals surface area contributed by atoms with Gasteiger partial charge in [0, 0.05) is 10.6 Å². The molecule has 0 saturated carbocycles. The van der Waals surface area contributed by atoms with E-state index < -0.39 is 5.25 Å². The van der Waals surface area contributed by atoms with Gasteiger partial charge in [-0.15, -0.1) is 11.8 Å². The lowest BCUT2D eigenvalue weighted by atomic mass is 10.0. The molecular weight excluding hydrogens is 301 g/mol. The Hall–Kier alpha value is -2.01. The minimum Gasteiger partial charge on any atom is -0.465 e. The third kappa shape index (κ3) is 2.95. The van der Waals surface area contributed by atoms with Crippen LogP contribution in [0.15, 0.2) is 53.4 Å². The summed E-state index contributed by atoms with van der Waals surface area (Å²) in [5.41, 5.74) is 1.84. The van der Waals surface area contributed by atoms with Crippen LogP contribution in [-0.2, 0) is 9.53 Å². The molecule has 0 aromatic heterocycles.